The van der Waals surface area contributed by atoms with Gasteiger partial charge in [0.1, 0.15) is 24.2 Å². The van der Waals surface area contributed by atoms with Gasteiger partial charge in [-0.2, -0.15) is 23.2 Å². The van der Waals surface area contributed by atoms with Crippen molar-refractivity contribution < 1.29 is 22.3 Å². The van der Waals surface area contributed by atoms with Gasteiger partial charge in [0, 0.05) is 28.7 Å². The van der Waals surface area contributed by atoms with E-state index >= 15 is 0 Å². The van der Waals surface area contributed by atoms with E-state index in [0.717, 1.165) is 5.69 Å². The van der Waals surface area contributed by atoms with E-state index in [2.05, 4.69) is 19.8 Å². The summed E-state index contributed by atoms with van der Waals surface area (Å²) in [5.74, 6) is 0.144. The molecule has 4 N–H and O–H groups in total. The van der Waals surface area contributed by atoms with Crippen molar-refractivity contribution in [2.75, 3.05) is 13.2 Å². The van der Waals surface area contributed by atoms with E-state index in [1.807, 2.05) is 6.92 Å². The summed E-state index contributed by atoms with van der Waals surface area (Å²) < 4.78 is 51.7. The molecule has 30 heavy (non-hydrogen) atoms. The fourth-order valence-corrected chi connectivity index (χ4v) is 3.51. The minimum Gasteiger partial charge on any atom is -0.490 e. The van der Waals surface area contributed by atoms with Crippen LogP contribution in [-0.2, 0) is 10.2 Å². The van der Waals surface area contributed by atoms with Gasteiger partial charge < -0.3 is 14.5 Å². The van der Waals surface area contributed by atoms with E-state index in [-0.39, 0.29) is 24.8 Å². The van der Waals surface area contributed by atoms with Crippen LogP contribution in [0.25, 0.3) is 16.4 Å². The minimum atomic E-state index is -3.79. The summed E-state index contributed by atoms with van der Waals surface area (Å²) in [6, 6.07) is 4.97. The fourth-order valence-electron chi connectivity index (χ4n) is 3.14. The van der Waals surface area contributed by atoms with Gasteiger partial charge in [-0.05, 0) is 32.0 Å². The number of nitrogens with two attached hydrogens (primary N) is 1. The molecule has 0 aliphatic carbocycles. The first-order valence-electron chi connectivity index (χ1n) is 8.92. The highest BCUT2D eigenvalue weighted by atomic mass is 32.2. The van der Waals surface area contributed by atoms with Crippen molar-refractivity contribution in [2.45, 2.75) is 13.8 Å². The molecule has 1 aromatic carbocycles. The Balaban J connectivity index is 1.62. The average Bonchev–Trinajstić information content (AvgIpc) is 3.21. The predicted molar refractivity (Wildman–Crippen MR) is 107 cm³/mol. The number of ether oxygens (including phenoxy) is 2. The number of aryl methyl sites for hydroxylation is 2. The van der Waals surface area contributed by atoms with Gasteiger partial charge in [-0.25, -0.2) is 14.0 Å². The molecule has 0 radical (unpaired) electrons. The third-order valence-corrected chi connectivity index (χ3v) is 5.06. The summed E-state index contributed by atoms with van der Waals surface area (Å²) >= 11 is 0. The number of hydrogen-bond donors (Lipinski definition) is 3. The Morgan fingerprint density at radius 3 is 2.87 bits per heavy atom. The molecule has 0 unspecified atom stereocenters. The van der Waals surface area contributed by atoms with E-state index < -0.39 is 16.0 Å². The van der Waals surface area contributed by atoms with E-state index in [4.69, 9.17) is 14.6 Å². The second-order valence-electron chi connectivity index (χ2n) is 6.66. The second-order valence-corrected chi connectivity index (χ2v) is 8.04. The predicted octanol–water partition coefficient (Wildman–Crippen LogP) is 1.93. The maximum Gasteiger partial charge on any atom is 0.274 e. The Morgan fingerprint density at radius 2 is 2.10 bits per heavy atom. The van der Waals surface area contributed by atoms with Crippen molar-refractivity contribution >= 4 is 26.6 Å². The number of hydrogen-bond acceptors (Lipinski definition) is 6. The monoisotopic (exact) mass is 434 g/mol. The first kappa shape index (κ1) is 20.1. The number of fused-ring (bicyclic) bond motifs is 2. The highest BCUT2D eigenvalue weighted by Crippen LogP contribution is 2.34. The molecule has 4 rings (SSSR count). The molecule has 4 aromatic rings. The van der Waals surface area contributed by atoms with Crippen molar-refractivity contribution in [2.24, 2.45) is 5.14 Å². The standard InChI is InChI=1S/C18H19FN6O4S/c1-10-7-12-13(24-10)3-4-14(16(12)19)29-18-17-11(2)15(8-25(17)22-9-21-18)28-6-5-23-30(20,26)27/h3-4,7-9,23-24H,5-6H2,1-2H3,(H2,20,26,27). The summed E-state index contributed by atoms with van der Waals surface area (Å²) in [5.41, 5.74) is 2.66. The van der Waals surface area contributed by atoms with Gasteiger partial charge in [0.05, 0.1) is 6.20 Å². The topological polar surface area (TPSA) is 137 Å². The minimum absolute atomic E-state index is 0.000801. The Hall–Kier alpha value is -3.22. The first-order chi connectivity index (χ1) is 14.2. The number of aromatic amines is 1. The van der Waals surface area contributed by atoms with Gasteiger partial charge >= 0.3 is 0 Å². The van der Waals surface area contributed by atoms with E-state index in [9.17, 15) is 12.8 Å². The van der Waals surface area contributed by atoms with Crippen LogP contribution in [0.3, 0.4) is 0 Å². The lowest BCUT2D eigenvalue weighted by molar-refractivity contribution is 0.321. The fraction of sp³-hybridized carbons (Fsp3) is 0.222. The number of halogens is 1. The van der Waals surface area contributed by atoms with Crippen LogP contribution in [0.15, 0.2) is 30.7 Å². The third kappa shape index (κ3) is 3.92. The average molecular weight is 434 g/mol. The van der Waals surface area contributed by atoms with E-state index in [1.165, 1.54) is 16.9 Å². The molecule has 12 heteroatoms. The lowest BCUT2D eigenvalue weighted by atomic mass is 10.2. The van der Waals surface area contributed by atoms with E-state index in [1.54, 1.807) is 25.3 Å². The molecule has 3 aromatic heterocycles. The zero-order valence-corrected chi connectivity index (χ0v) is 17.0. The Morgan fingerprint density at radius 1 is 1.30 bits per heavy atom. The molecule has 0 atom stereocenters. The molecule has 3 heterocycles. The van der Waals surface area contributed by atoms with Crippen LogP contribution in [0.1, 0.15) is 11.3 Å². The van der Waals surface area contributed by atoms with E-state index in [0.29, 0.717) is 27.7 Å². The first-order valence-corrected chi connectivity index (χ1v) is 10.5. The zero-order chi connectivity index (χ0) is 21.5. The van der Waals surface area contributed by atoms with Crippen molar-refractivity contribution in [3.8, 4) is 17.4 Å². The molecular weight excluding hydrogens is 415 g/mol. The number of H-pyrrole nitrogens is 1. The largest absolute Gasteiger partial charge is 0.490 e. The molecule has 158 valence electrons. The van der Waals surface area contributed by atoms with Crippen LogP contribution in [-0.4, -0.2) is 41.2 Å². The highest BCUT2D eigenvalue weighted by Gasteiger charge is 2.18. The Labute approximate surface area is 171 Å². The molecular formula is C18H19FN6O4S. The van der Waals surface area contributed by atoms with Crippen LogP contribution in [0.2, 0.25) is 0 Å². The number of nitrogens with one attached hydrogen (secondary N) is 2. The molecule has 0 saturated heterocycles. The Bertz CT molecular complexity index is 1350. The smallest absolute Gasteiger partial charge is 0.274 e. The maximum absolute atomic E-state index is 14.9. The molecule has 0 saturated carbocycles. The molecule has 0 bridgehead atoms. The van der Waals surface area contributed by atoms with Gasteiger partial charge in [0.15, 0.2) is 11.6 Å². The SMILES string of the molecule is Cc1cc2c(F)c(Oc3ncnn4cc(OCCNS(N)(=O)=O)c(C)c34)ccc2[nH]1. The molecule has 10 nitrogen and oxygen atoms in total. The van der Waals surface area contributed by atoms with Crippen LogP contribution in [0.5, 0.6) is 17.4 Å². The van der Waals surface area contributed by atoms with Gasteiger partial charge in [0.2, 0.25) is 5.88 Å². The zero-order valence-electron chi connectivity index (χ0n) is 16.1. The van der Waals surface area contributed by atoms with Gasteiger partial charge in [-0.1, -0.05) is 0 Å². The van der Waals surface area contributed by atoms with Crippen LogP contribution in [0.4, 0.5) is 4.39 Å². The maximum atomic E-state index is 14.9. The molecule has 0 amide bonds. The van der Waals surface area contributed by atoms with Crippen molar-refractivity contribution in [3.05, 3.63) is 47.8 Å². The lowest BCUT2D eigenvalue weighted by Gasteiger charge is -2.08. The second kappa shape index (κ2) is 7.55. The summed E-state index contributed by atoms with van der Waals surface area (Å²) in [5, 5.41) is 9.43. The van der Waals surface area contributed by atoms with Gasteiger partial charge in [-0.3, -0.25) is 0 Å². The van der Waals surface area contributed by atoms with Crippen molar-refractivity contribution in [1.82, 2.24) is 24.3 Å². The molecule has 0 aliphatic heterocycles. The summed E-state index contributed by atoms with van der Waals surface area (Å²) in [7, 11) is -3.79. The molecule has 0 aliphatic rings. The van der Waals surface area contributed by atoms with Gasteiger partial charge in [0.25, 0.3) is 10.2 Å². The summed E-state index contributed by atoms with van der Waals surface area (Å²) in [6.45, 7) is 3.66. The molecule has 0 spiro atoms. The lowest BCUT2D eigenvalue weighted by Crippen LogP contribution is -2.33. The summed E-state index contributed by atoms with van der Waals surface area (Å²) in [6.07, 6.45) is 2.89. The van der Waals surface area contributed by atoms with Crippen LogP contribution in [0, 0.1) is 19.7 Å². The van der Waals surface area contributed by atoms with Crippen molar-refractivity contribution in [3.63, 3.8) is 0 Å². The molecule has 0 fully saturated rings. The Kier molecular flexibility index (Phi) is 5.05. The number of benzene rings is 1. The van der Waals surface area contributed by atoms with Crippen molar-refractivity contribution in [1.29, 1.82) is 0 Å². The number of aromatic nitrogens is 4. The quantitative estimate of drug-likeness (QED) is 0.380. The third-order valence-electron chi connectivity index (χ3n) is 4.45. The highest BCUT2D eigenvalue weighted by molar-refractivity contribution is 7.87. The summed E-state index contributed by atoms with van der Waals surface area (Å²) in [4.78, 5) is 7.21. The normalized spacial score (nSPS) is 12.0. The number of rotatable bonds is 7. The number of nitrogens with zero attached hydrogens (tertiary/aromatic N) is 3. The van der Waals surface area contributed by atoms with Crippen LogP contribution >= 0.6 is 0 Å². The van der Waals surface area contributed by atoms with Crippen LogP contribution < -0.4 is 19.3 Å². The van der Waals surface area contributed by atoms with Gasteiger partial charge in [-0.15, -0.1) is 0 Å².